The fourth-order valence-corrected chi connectivity index (χ4v) is 2.06. The normalized spacial score (nSPS) is 16.1. The molecular weight excluding hydrogens is 210 g/mol. The minimum atomic E-state index is 0. The third-order valence-electron chi connectivity index (χ3n) is 3.05. The Balaban J connectivity index is 0.000000853. The Labute approximate surface area is 94.9 Å². The van der Waals surface area contributed by atoms with E-state index in [9.17, 15) is 0 Å². The number of nitrogens with one attached hydrogen (secondary N) is 1. The second kappa shape index (κ2) is 3.83. The van der Waals surface area contributed by atoms with Crippen LogP contribution >= 0.6 is 12.4 Å². The van der Waals surface area contributed by atoms with Crippen molar-refractivity contribution < 1.29 is 0 Å². The summed E-state index contributed by atoms with van der Waals surface area (Å²) in [6, 6.07) is 6.46. The highest BCUT2D eigenvalue weighted by Crippen LogP contribution is 2.27. The maximum atomic E-state index is 4.29. The lowest BCUT2D eigenvalue weighted by atomic mass is 9.91. The summed E-state index contributed by atoms with van der Waals surface area (Å²) in [6.45, 7) is 2.21. The van der Waals surface area contributed by atoms with E-state index in [1.807, 2.05) is 17.9 Å². The first-order valence-corrected chi connectivity index (χ1v) is 4.97. The van der Waals surface area contributed by atoms with Gasteiger partial charge in [-0.25, -0.2) is 0 Å². The van der Waals surface area contributed by atoms with Crippen molar-refractivity contribution in [2.45, 2.75) is 5.92 Å². The Morgan fingerprint density at radius 1 is 1.40 bits per heavy atom. The molecule has 15 heavy (non-hydrogen) atoms. The standard InChI is InChI=1S/C11H13N3.ClH/c1-14-11-4-2-3-9(8-5-12-6-8)10(11)7-13-14;/h2-4,7-8,12H,5-6H2,1H3;1H. The van der Waals surface area contributed by atoms with E-state index in [1.165, 1.54) is 16.5 Å². The van der Waals surface area contributed by atoms with Gasteiger partial charge in [-0.2, -0.15) is 5.10 Å². The summed E-state index contributed by atoms with van der Waals surface area (Å²) in [5.74, 6) is 0.683. The van der Waals surface area contributed by atoms with E-state index in [1.54, 1.807) is 0 Å². The van der Waals surface area contributed by atoms with E-state index in [0.717, 1.165) is 13.1 Å². The average molecular weight is 224 g/mol. The predicted octanol–water partition coefficient (Wildman–Crippen LogP) is 1.68. The molecule has 2 heterocycles. The van der Waals surface area contributed by atoms with Gasteiger partial charge in [0.05, 0.1) is 11.7 Å². The zero-order chi connectivity index (χ0) is 9.54. The Hall–Kier alpha value is -1.06. The maximum absolute atomic E-state index is 4.29. The molecule has 3 rings (SSSR count). The zero-order valence-electron chi connectivity index (χ0n) is 8.60. The third-order valence-corrected chi connectivity index (χ3v) is 3.05. The second-order valence-electron chi connectivity index (χ2n) is 3.90. The lowest BCUT2D eigenvalue weighted by molar-refractivity contribution is 0.451. The van der Waals surface area contributed by atoms with Gasteiger partial charge in [-0.1, -0.05) is 12.1 Å². The smallest absolute Gasteiger partial charge is 0.0681 e. The molecule has 4 heteroatoms. The highest BCUT2D eigenvalue weighted by Gasteiger charge is 2.21. The SMILES string of the molecule is Cl.Cn1ncc2c(C3CNC3)cccc21. The highest BCUT2D eigenvalue weighted by molar-refractivity contribution is 5.85. The number of nitrogens with zero attached hydrogens (tertiary/aromatic N) is 2. The Morgan fingerprint density at radius 3 is 2.87 bits per heavy atom. The van der Waals surface area contributed by atoms with Crippen molar-refractivity contribution in [3.63, 3.8) is 0 Å². The molecule has 0 spiro atoms. The van der Waals surface area contributed by atoms with Crippen molar-refractivity contribution in [2.75, 3.05) is 13.1 Å². The molecule has 0 aliphatic carbocycles. The quantitative estimate of drug-likeness (QED) is 0.798. The molecule has 2 aromatic rings. The molecule has 0 unspecified atom stereocenters. The van der Waals surface area contributed by atoms with Crippen molar-refractivity contribution in [3.05, 3.63) is 30.0 Å². The van der Waals surface area contributed by atoms with Gasteiger partial charge in [0, 0.05) is 31.4 Å². The van der Waals surface area contributed by atoms with Gasteiger partial charge < -0.3 is 5.32 Å². The Kier molecular flexibility index (Phi) is 2.67. The van der Waals surface area contributed by atoms with E-state index in [2.05, 4.69) is 28.6 Å². The molecule has 1 fully saturated rings. The first-order chi connectivity index (χ1) is 6.86. The largest absolute Gasteiger partial charge is 0.315 e. The van der Waals surface area contributed by atoms with E-state index in [0.29, 0.717) is 5.92 Å². The molecule has 0 amide bonds. The Morgan fingerprint density at radius 2 is 2.20 bits per heavy atom. The van der Waals surface area contributed by atoms with Crippen molar-refractivity contribution in [1.82, 2.24) is 15.1 Å². The molecule has 1 saturated heterocycles. The van der Waals surface area contributed by atoms with Crippen LogP contribution in [0.2, 0.25) is 0 Å². The first-order valence-electron chi connectivity index (χ1n) is 4.97. The summed E-state index contributed by atoms with van der Waals surface area (Å²) in [4.78, 5) is 0. The number of halogens is 1. The van der Waals surface area contributed by atoms with Crippen LogP contribution in [-0.4, -0.2) is 22.9 Å². The van der Waals surface area contributed by atoms with Gasteiger partial charge in [0.25, 0.3) is 0 Å². The van der Waals surface area contributed by atoms with Gasteiger partial charge in [0.15, 0.2) is 0 Å². The summed E-state index contributed by atoms with van der Waals surface area (Å²) < 4.78 is 1.94. The van der Waals surface area contributed by atoms with Crippen LogP contribution in [0.5, 0.6) is 0 Å². The second-order valence-corrected chi connectivity index (χ2v) is 3.90. The van der Waals surface area contributed by atoms with Crippen LogP contribution in [-0.2, 0) is 7.05 Å². The number of aryl methyl sites for hydroxylation is 1. The van der Waals surface area contributed by atoms with Crippen LogP contribution in [0.1, 0.15) is 11.5 Å². The summed E-state index contributed by atoms with van der Waals surface area (Å²) in [6.07, 6.45) is 1.98. The van der Waals surface area contributed by atoms with E-state index in [4.69, 9.17) is 0 Å². The minimum Gasteiger partial charge on any atom is -0.315 e. The monoisotopic (exact) mass is 223 g/mol. The van der Waals surface area contributed by atoms with Crippen molar-refractivity contribution >= 4 is 23.3 Å². The van der Waals surface area contributed by atoms with E-state index < -0.39 is 0 Å². The molecule has 0 bridgehead atoms. The first kappa shape index (κ1) is 10.5. The molecule has 80 valence electrons. The molecule has 1 aromatic heterocycles. The van der Waals surface area contributed by atoms with Crippen LogP contribution < -0.4 is 5.32 Å². The molecule has 0 saturated carbocycles. The highest BCUT2D eigenvalue weighted by atomic mass is 35.5. The molecule has 1 aliphatic rings. The molecule has 3 nitrogen and oxygen atoms in total. The van der Waals surface area contributed by atoms with Crippen molar-refractivity contribution in [1.29, 1.82) is 0 Å². The van der Waals surface area contributed by atoms with Gasteiger partial charge in [0.2, 0.25) is 0 Å². The number of hydrogen-bond acceptors (Lipinski definition) is 2. The van der Waals surface area contributed by atoms with Gasteiger partial charge in [-0.15, -0.1) is 12.4 Å². The van der Waals surface area contributed by atoms with Gasteiger partial charge in [0.1, 0.15) is 0 Å². The summed E-state index contributed by atoms with van der Waals surface area (Å²) >= 11 is 0. The fourth-order valence-electron chi connectivity index (χ4n) is 2.06. The Bertz CT molecular complexity index is 474. The van der Waals surface area contributed by atoms with E-state index in [-0.39, 0.29) is 12.4 Å². The molecule has 1 aromatic carbocycles. The van der Waals surface area contributed by atoms with Gasteiger partial charge in [-0.05, 0) is 11.6 Å². The summed E-state index contributed by atoms with van der Waals surface area (Å²) in [5.41, 5.74) is 2.67. The number of hydrogen-bond donors (Lipinski definition) is 1. The van der Waals surface area contributed by atoms with Crippen molar-refractivity contribution in [2.24, 2.45) is 7.05 Å². The lowest BCUT2D eigenvalue weighted by Crippen LogP contribution is -2.39. The lowest BCUT2D eigenvalue weighted by Gasteiger charge is -2.27. The molecule has 0 radical (unpaired) electrons. The van der Waals surface area contributed by atoms with E-state index >= 15 is 0 Å². The zero-order valence-corrected chi connectivity index (χ0v) is 9.42. The van der Waals surface area contributed by atoms with Gasteiger partial charge in [-0.3, -0.25) is 4.68 Å². The van der Waals surface area contributed by atoms with Crippen LogP contribution in [0.15, 0.2) is 24.4 Å². The molecular formula is C11H14ClN3. The average Bonchev–Trinajstić information content (AvgIpc) is 2.47. The number of benzene rings is 1. The van der Waals surface area contributed by atoms with Crippen molar-refractivity contribution in [3.8, 4) is 0 Å². The number of fused-ring (bicyclic) bond motifs is 1. The summed E-state index contributed by atoms with van der Waals surface area (Å²) in [7, 11) is 1.99. The molecule has 0 atom stereocenters. The van der Waals surface area contributed by atoms with Crippen LogP contribution in [0.25, 0.3) is 10.9 Å². The third kappa shape index (κ3) is 1.52. The molecule has 1 N–H and O–H groups in total. The maximum Gasteiger partial charge on any atom is 0.0681 e. The van der Waals surface area contributed by atoms with Gasteiger partial charge >= 0.3 is 0 Å². The topological polar surface area (TPSA) is 29.9 Å². The minimum absolute atomic E-state index is 0. The van der Waals surface area contributed by atoms with Crippen LogP contribution in [0, 0.1) is 0 Å². The fraction of sp³-hybridized carbons (Fsp3) is 0.364. The number of rotatable bonds is 1. The number of aromatic nitrogens is 2. The summed E-state index contributed by atoms with van der Waals surface area (Å²) in [5, 5.41) is 8.90. The van der Waals surface area contributed by atoms with Crippen LogP contribution in [0.3, 0.4) is 0 Å². The predicted molar refractivity (Wildman–Crippen MR) is 63.6 cm³/mol. The van der Waals surface area contributed by atoms with Crippen LogP contribution in [0.4, 0.5) is 0 Å². The molecule has 1 aliphatic heterocycles.